The number of carboxylic acids is 1. The maximum atomic E-state index is 13.3. The highest BCUT2D eigenvalue weighted by Crippen LogP contribution is 2.55. The Labute approximate surface area is 213 Å². The van der Waals surface area contributed by atoms with Crippen LogP contribution < -0.4 is 4.74 Å². The van der Waals surface area contributed by atoms with E-state index < -0.39 is 31.1 Å². The van der Waals surface area contributed by atoms with Crippen LogP contribution in [0.4, 0.5) is 0 Å². The lowest BCUT2D eigenvalue weighted by Gasteiger charge is -2.27. The van der Waals surface area contributed by atoms with E-state index in [1.807, 2.05) is 49.4 Å². The van der Waals surface area contributed by atoms with Crippen LogP contribution >= 0.6 is 7.60 Å². The van der Waals surface area contributed by atoms with Gasteiger partial charge in [0.15, 0.2) is 5.66 Å². The summed E-state index contributed by atoms with van der Waals surface area (Å²) < 4.78 is 35.2. The quantitative estimate of drug-likeness (QED) is 0.216. The molecule has 0 amide bonds. The van der Waals surface area contributed by atoms with Gasteiger partial charge >= 0.3 is 19.5 Å². The monoisotopic (exact) mass is 520 g/mol. The van der Waals surface area contributed by atoms with Crippen molar-refractivity contribution in [1.82, 2.24) is 0 Å². The third-order valence-corrected chi connectivity index (χ3v) is 8.10. The van der Waals surface area contributed by atoms with Gasteiger partial charge in [0.2, 0.25) is 0 Å². The summed E-state index contributed by atoms with van der Waals surface area (Å²) in [4.78, 5) is 25.2. The molecule has 1 N–H and O–H groups in total. The van der Waals surface area contributed by atoms with Gasteiger partial charge in [0.25, 0.3) is 0 Å². The molecule has 0 aliphatic rings. The average Bonchev–Trinajstić information content (AvgIpc) is 2.86. The zero-order valence-corrected chi connectivity index (χ0v) is 22.3. The van der Waals surface area contributed by atoms with E-state index in [1.165, 1.54) is 0 Å². The molecule has 3 atom stereocenters. The number of hydrogen-bond donors (Lipinski definition) is 1. The summed E-state index contributed by atoms with van der Waals surface area (Å²) in [5.74, 6) is -2.07. The molecule has 8 nitrogen and oxygen atoms in total. The molecule has 0 bridgehead atoms. The van der Waals surface area contributed by atoms with Crippen molar-refractivity contribution in [2.45, 2.75) is 65.3 Å². The molecular weight excluding hydrogens is 483 g/mol. The van der Waals surface area contributed by atoms with E-state index in [0.29, 0.717) is 18.8 Å². The van der Waals surface area contributed by atoms with E-state index in [1.54, 1.807) is 32.9 Å². The molecule has 2 rings (SSSR count). The Balaban J connectivity index is 2.21. The van der Waals surface area contributed by atoms with E-state index in [4.69, 9.17) is 18.5 Å². The topological polar surface area (TPSA) is 108 Å². The van der Waals surface area contributed by atoms with Crippen LogP contribution in [0.25, 0.3) is 0 Å². The van der Waals surface area contributed by atoms with Gasteiger partial charge < -0.3 is 23.6 Å². The van der Waals surface area contributed by atoms with Crippen molar-refractivity contribution >= 4 is 19.5 Å². The number of carbonyl (C=O) groups excluding carboxylic acids is 1. The summed E-state index contributed by atoms with van der Waals surface area (Å²) in [7, 11) is -4.00. The number of carbonyl (C=O) groups is 2. The van der Waals surface area contributed by atoms with Crippen LogP contribution in [0.1, 0.15) is 51.7 Å². The Hall–Kier alpha value is -2.67. The molecule has 9 heteroatoms. The number of ether oxygens (including phenoxy) is 2. The van der Waals surface area contributed by atoms with Crippen molar-refractivity contribution in [2.75, 3.05) is 13.2 Å². The second-order valence-electron chi connectivity index (χ2n) is 8.44. The van der Waals surface area contributed by atoms with E-state index in [0.717, 1.165) is 11.1 Å². The van der Waals surface area contributed by atoms with Crippen LogP contribution in [0.3, 0.4) is 0 Å². The van der Waals surface area contributed by atoms with E-state index in [2.05, 4.69) is 0 Å². The van der Waals surface area contributed by atoms with Gasteiger partial charge in [-0.3, -0.25) is 14.2 Å². The van der Waals surface area contributed by atoms with Crippen molar-refractivity contribution in [1.29, 1.82) is 0 Å². The highest BCUT2D eigenvalue weighted by atomic mass is 31.2. The maximum absolute atomic E-state index is 13.3. The molecule has 0 fully saturated rings. The standard InChI is InChI=1S/C27H37O8P/c1-5-20(4)35-27(30)23(18-25(26(28)29)36(31,33-6-2)34-7-3)17-21-13-15-24(16-14-21)32-19-22-11-9-8-10-12-22/h8-16,20,23,25H,5-7,17-19H2,1-4H3,(H,28,29). The fourth-order valence-electron chi connectivity index (χ4n) is 3.60. The molecule has 0 aliphatic heterocycles. The van der Waals surface area contributed by atoms with Crippen molar-refractivity contribution in [3.8, 4) is 5.75 Å². The van der Waals surface area contributed by atoms with Crippen molar-refractivity contribution in [2.24, 2.45) is 5.92 Å². The minimum atomic E-state index is -4.00. The SMILES string of the molecule is CCOP(=O)(OCC)C(CC(Cc1ccc(OCc2ccccc2)cc1)C(=O)OC(C)CC)C(=O)O. The van der Waals surface area contributed by atoms with Crippen LogP contribution in [0.15, 0.2) is 54.6 Å². The summed E-state index contributed by atoms with van der Waals surface area (Å²) in [6, 6.07) is 17.0. The second-order valence-corrected chi connectivity index (χ2v) is 10.7. The smallest absolute Gasteiger partial charge is 0.344 e. The molecule has 0 aliphatic carbocycles. The summed E-state index contributed by atoms with van der Waals surface area (Å²) in [6.07, 6.45) is 0.248. The van der Waals surface area contributed by atoms with Gasteiger partial charge in [0, 0.05) is 0 Å². The molecule has 2 aromatic rings. The van der Waals surface area contributed by atoms with Gasteiger partial charge in [0.05, 0.1) is 25.2 Å². The average molecular weight is 521 g/mol. The highest BCUT2D eigenvalue weighted by Gasteiger charge is 2.44. The fourth-order valence-corrected chi connectivity index (χ4v) is 5.54. The molecule has 0 saturated carbocycles. The lowest BCUT2D eigenvalue weighted by Crippen LogP contribution is -2.32. The number of aliphatic carboxylic acids is 1. The molecule has 2 aromatic carbocycles. The minimum absolute atomic E-state index is 0.0213. The normalized spacial score (nSPS) is 14.0. The van der Waals surface area contributed by atoms with Gasteiger partial charge in [-0.2, -0.15) is 0 Å². The first kappa shape index (κ1) is 29.6. The van der Waals surface area contributed by atoms with E-state index in [-0.39, 0.29) is 32.2 Å². The first-order chi connectivity index (χ1) is 17.2. The van der Waals surface area contributed by atoms with Crippen molar-refractivity contribution in [3.05, 3.63) is 65.7 Å². The summed E-state index contributed by atoms with van der Waals surface area (Å²) in [5, 5.41) is 9.88. The predicted octanol–water partition coefficient (Wildman–Crippen LogP) is 5.88. The molecule has 0 aromatic heterocycles. The number of benzene rings is 2. The molecule has 0 radical (unpaired) electrons. The van der Waals surface area contributed by atoms with Gasteiger partial charge in [-0.05, 0) is 63.3 Å². The Morgan fingerprint density at radius 1 is 0.917 bits per heavy atom. The van der Waals surface area contributed by atoms with Crippen molar-refractivity contribution < 1.29 is 37.8 Å². The largest absolute Gasteiger partial charge is 0.489 e. The molecule has 36 heavy (non-hydrogen) atoms. The minimum Gasteiger partial charge on any atom is -0.489 e. The Morgan fingerprint density at radius 3 is 2.06 bits per heavy atom. The second kappa shape index (κ2) is 14.8. The number of rotatable bonds is 16. The van der Waals surface area contributed by atoms with Gasteiger partial charge in [-0.15, -0.1) is 0 Å². The number of hydrogen-bond acceptors (Lipinski definition) is 7. The van der Waals surface area contributed by atoms with Crippen LogP contribution in [0, 0.1) is 5.92 Å². The third-order valence-electron chi connectivity index (χ3n) is 5.67. The zero-order valence-electron chi connectivity index (χ0n) is 21.4. The van der Waals surface area contributed by atoms with E-state index in [9.17, 15) is 19.3 Å². The maximum Gasteiger partial charge on any atom is 0.344 e. The molecular formula is C27H37O8P. The summed E-state index contributed by atoms with van der Waals surface area (Å²) in [5.41, 5.74) is 0.336. The summed E-state index contributed by atoms with van der Waals surface area (Å²) >= 11 is 0. The van der Waals surface area contributed by atoms with Crippen LogP contribution in [-0.4, -0.2) is 42.0 Å². The van der Waals surface area contributed by atoms with Gasteiger partial charge in [0.1, 0.15) is 12.4 Å². The molecule has 3 unspecified atom stereocenters. The third kappa shape index (κ3) is 9.08. The first-order valence-electron chi connectivity index (χ1n) is 12.3. The highest BCUT2D eigenvalue weighted by molar-refractivity contribution is 7.55. The van der Waals surface area contributed by atoms with E-state index >= 15 is 0 Å². The fraction of sp³-hybridized carbons (Fsp3) is 0.481. The van der Waals surface area contributed by atoms with Crippen LogP contribution in [0.5, 0.6) is 5.75 Å². The van der Waals surface area contributed by atoms with Gasteiger partial charge in [-0.25, -0.2) is 0 Å². The molecule has 0 spiro atoms. The van der Waals surface area contributed by atoms with Crippen molar-refractivity contribution in [3.63, 3.8) is 0 Å². The Bertz CT molecular complexity index is 983. The Morgan fingerprint density at radius 2 is 1.53 bits per heavy atom. The summed E-state index contributed by atoms with van der Waals surface area (Å²) in [6.45, 7) is 7.35. The lowest BCUT2D eigenvalue weighted by molar-refractivity contribution is -0.153. The number of esters is 1. The van der Waals surface area contributed by atoms with Gasteiger partial charge in [-0.1, -0.05) is 49.4 Å². The first-order valence-corrected chi connectivity index (χ1v) is 13.9. The zero-order chi connectivity index (χ0) is 26.6. The predicted molar refractivity (Wildman–Crippen MR) is 137 cm³/mol. The van der Waals surface area contributed by atoms with Crippen LogP contribution in [0.2, 0.25) is 0 Å². The lowest BCUT2D eigenvalue weighted by atomic mass is 9.94. The van der Waals surface area contributed by atoms with Crippen LogP contribution in [-0.2, 0) is 41.0 Å². The Kier molecular flexibility index (Phi) is 12.1. The molecule has 0 saturated heterocycles. The molecule has 198 valence electrons. The molecule has 0 heterocycles. The number of carboxylic acid groups (broad SMARTS) is 1.